The van der Waals surface area contributed by atoms with E-state index in [1.165, 1.54) is 0 Å². The van der Waals surface area contributed by atoms with Crippen molar-refractivity contribution in [3.8, 4) is 0 Å². The monoisotopic (exact) mass is 345 g/mol. The van der Waals surface area contributed by atoms with Crippen molar-refractivity contribution >= 4 is 33.3 Å². The van der Waals surface area contributed by atoms with Gasteiger partial charge in [-0.2, -0.15) is 0 Å². The molecular weight excluding hydrogens is 326 g/mol. The van der Waals surface area contributed by atoms with Crippen LogP contribution in [0.15, 0.2) is 22.8 Å². The molecule has 1 atom stereocenters. The van der Waals surface area contributed by atoms with Crippen LogP contribution in [0.3, 0.4) is 0 Å². The molecule has 3 rings (SSSR count). The second kappa shape index (κ2) is 6.58. The van der Waals surface area contributed by atoms with E-state index in [-0.39, 0.29) is 11.9 Å². The van der Waals surface area contributed by atoms with Crippen LogP contribution in [0.1, 0.15) is 33.7 Å². The van der Waals surface area contributed by atoms with Gasteiger partial charge < -0.3 is 21.2 Å². The fourth-order valence-electron chi connectivity index (χ4n) is 2.43. The summed E-state index contributed by atoms with van der Waals surface area (Å²) in [6.45, 7) is 4.39. The molecule has 126 valence electrons. The maximum absolute atomic E-state index is 11.6. The number of amides is 1. The van der Waals surface area contributed by atoms with Gasteiger partial charge in [0.2, 0.25) is 5.82 Å². The van der Waals surface area contributed by atoms with Gasteiger partial charge in [0.15, 0.2) is 0 Å². The first-order chi connectivity index (χ1) is 11.5. The first kappa shape index (κ1) is 16.4. The summed E-state index contributed by atoms with van der Waals surface area (Å²) in [4.78, 5) is 21.3. The fraction of sp³-hybridized carbons (Fsp3) is 0.312. The van der Waals surface area contributed by atoms with Gasteiger partial charge in [-0.3, -0.25) is 4.79 Å². The number of aryl methyl sites for hydroxylation is 1. The molecule has 0 aliphatic rings. The number of nitrogens with two attached hydrogens (primary N) is 2. The Kier molecular flexibility index (Phi) is 4.50. The van der Waals surface area contributed by atoms with E-state index in [1.54, 1.807) is 17.6 Å². The molecule has 24 heavy (non-hydrogen) atoms. The van der Waals surface area contributed by atoms with Crippen molar-refractivity contribution in [1.29, 1.82) is 0 Å². The highest BCUT2D eigenvalue weighted by atomic mass is 32.1. The lowest BCUT2D eigenvalue weighted by Gasteiger charge is -2.06. The Bertz CT molecular complexity index is 870. The maximum atomic E-state index is 11.6. The summed E-state index contributed by atoms with van der Waals surface area (Å²) in [5, 5.41) is 3.21. The van der Waals surface area contributed by atoms with Gasteiger partial charge >= 0.3 is 0 Å². The second-order valence-electron chi connectivity index (χ2n) is 5.70. The van der Waals surface area contributed by atoms with E-state index in [1.807, 2.05) is 26.0 Å². The number of furan rings is 1. The summed E-state index contributed by atoms with van der Waals surface area (Å²) in [5.74, 6) is 0.690. The molecule has 0 fully saturated rings. The van der Waals surface area contributed by atoms with Crippen molar-refractivity contribution in [2.45, 2.75) is 32.9 Å². The molecule has 0 spiro atoms. The predicted octanol–water partition coefficient (Wildman–Crippen LogP) is 2.19. The van der Waals surface area contributed by atoms with Gasteiger partial charge in [0.25, 0.3) is 5.91 Å². The van der Waals surface area contributed by atoms with Crippen LogP contribution in [0.5, 0.6) is 0 Å². The minimum Gasteiger partial charge on any atom is -0.467 e. The van der Waals surface area contributed by atoms with E-state index in [0.717, 1.165) is 32.8 Å². The van der Waals surface area contributed by atoms with E-state index >= 15 is 0 Å². The molecule has 1 amide bonds. The first-order valence-corrected chi connectivity index (χ1v) is 8.39. The molecule has 0 aliphatic carbocycles. The SMILES string of the molecule is Cc1c(CC(C)N)sc2c(NCc3ccco3)nc(C(N)=O)nc12. The highest BCUT2D eigenvalue weighted by Gasteiger charge is 2.18. The summed E-state index contributed by atoms with van der Waals surface area (Å²) in [5.41, 5.74) is 13.0. The number of primary amides is 1. The quantitative estimate of drug-likeness (QED) is 0.630. The predicted molar refractivity (Wildman–Crippen MR) is 94.1 cm³/mol. The van der Waals surface area contributed by atoms with Crippen molar-refractivity contribution in [3.05, 3.63) is 40.4 Å². The van der Waals surface area contributed by atoms with Crippen LogP contribution < -0.4 is 16.8 Å². The molecule has 1 unspecified atom stereocenters. The molecule has 3 aromatic heterocycles. The molecule has 0 bridgehead atoms. The lowest BCUT2D eigenvalue weighted by molar-refractivity contribution is 0.0991. The molecule has 8 heteroatoms. The van der Waals surface area contributed by atoms with Crippen molar-refractivity contribution in [2.24, 2.45) is 11.5 Å². The number of anilines is 1. The first-order valence-electron chi connectivity index (χ1n) is 7.57. The molecule has 3 heterocycles. The summed E-state index contributed by atoms with van der Waals surface area (Å²) >= 11 is 1.59. The summed E-state index contributed by atoms with van der Waals surface area (Å²) in [7, 11) is 0. The van der Waals surface area contributed by atoms with Crippen LogP contribution in [0.4, 0.5) is 5.82 Å². The van der Waals surface area contributed by atoms with E-state index in [0.29, 0.717) is 12.4 Å². The molecule has 0 radical (unpaired) electrons. The lowest BCUT2D eigenvalue weighted by Crippen LogP contribution is -2.17. The van der Waals surface area contributed by atoms with Crippen LogP contribution in [0.2, 0.25) is 0 Å². The topological polar surface area (TPSA) is 120 Å². The molecule has 7 nitrogen and oxygen atoms in total. The van der Waals surface area contributed by atoms with E-state index in [4.69, 9.17) is 15.9 Å². The van der Waals surface area contributed by atoms with Gasteiger partial charge in [-0.1, -0.05) is 0 Å². The standard InChI is InChI=1S/C16H19N5O2S/c1-8(17)6-11-9(2)12-13(24-11)15(21-16(20-12)14(18)22)19-7-10-4-3-5-23-10/h3-5,8H,6-7,17H2,1-2H3,(H2,18,22)(H,19,20,21). The zero-order valence-corrected chi connectivity index (χ0v) is 14.3. The average Bonchev–Trinajstić information content (AvgIpc) is 3.14. The van der Waals surface area contributed by atoms with Crippen LogP contribution in [-0.2, 0) is 13.0 Å². The van der Waals surface area contributed by atoms with Gasteiger partial charge in [0, 0.05) is 10.9 Å². The van der Waals surface area contributed by atoms with Gasteiger partial charge in [0.05, 0.1) is 23.0 Å². The van der Waals surface area contributed by atoms with Crippen LogP contribution in [0.25, 0.3) is 10.2 Å². The van der Waals surface area contributed by atoms with E-state index in [2.05, 4.69) is 15.3 Å². The second-order valence-corrected chi connectivity index (χ2v) is 6.81. The van der Waals surface area contributed by atoms with Crippen LogP contribution in [0, 0.1) is 6.92 Å². The molecule has 0 saturated carbocycles. The minimum atomic E-state index is -0.655. The number of rotatable bonds is 6. The third kappa shape index (κ3) is 3.24. The summed E-state index contributed by atoms with van der Waals surface area (Å²) < 4.78 is 6.20. The Morgan fingerprint density at radius 1 is 1.46 bits per heavy atom. The number of aromatic nitrogens is 2. The third-order valence-electron chi connectivity index (χ3n) is 3.60. The molecule has 0 aromatic carbocycles. The lowest BCUT2D eigenvalue weighted by atomic mass is 10.1. The van der Waals surface area contributed by atoms with Gasteiger partial charge in [-0.25, -0.2) is 9.97 Å². The van der Waals surface area contributed by atoms with Crippen LogP contribution >= 0.6 is 11.3 Å². The van der Waals surface area contributed by atoms with Crippen molar-refractivity contribution in [2.75, 3.05) is 5.32 Å². The fourth-order valence-corrected chi connectivity index (χ4v) is 3.79. The number of carbonyl (C=O) groups is 1. The summed E-state index contributed by atoms with van der Waals surface area (Å²) in [6, 6.07) is 3.72. The van der Waals surface area contributed by atoms with Crippen LogP contribution in [-0.4, -0.2) is 21.9 Å². The minimum absolute atomic E-state index is 0.00214. The Labute approximate surface area is 143 Å². The van der Waals surface area contributed by atoms with Gasteiger partial charge in [-0.05, 0) is 38.0 Å². The molecule has 0 saturated heterocycles. The highest BCUT2D eigenvalue weighted by molar-refractivity contribution is 7.19. The Morgan fingerprint density at radius 3 is 2.88 bits per heavy atom. The number of hydrogen-bond acceptors (Lipinski definition) is 7. The average molecular weight is 345 g/mol. The van der Waals surface area contributed by atoms with Gasteiger partial charge in [0.1, 0.15) is 11.6 Å². The normalized spacial score (nSPS) is 12.5. The van der Waals surface area contributed by atoms with E-state index < -0.39 is 5.91 Å². The number of hydrogen-bond donors (Lipinski definition) is 3. The molecule has 0 aliphatic heterocycles. The largest absolute Gasteiger partial charge is 0.467 e. The zero-order valence-electron chi connectivity index (χ0n) is 13.5. The van der Waals surface area contributed by atoms with Gasteiger partial charge in [-0.15, -0.1) is 11.3 Å². The van der Waals surface area contributed by atoms with Crippen molar-refractivity contribution in [1.82, 2.24) is 9.97 Å². The van der Waals surface area contributed by atoms with Crippen molar-refractivity contribution < 1.29 is 9.21 Å². The maximum Gasteiger partial charge on any atom is 0.286 e. The summed E-state index contributed by atoms with van der Waals surface area (Å²) in [6.07, 6.45) is 2.35. The third-order valence-corrected chi connectivity index (χ3v) is 4.91. The number of carbonyl (C=O) groups excluding carboxylic acids is 1. The Morgan fingerprint density at radius 2 is 2.25 bits per heavy atom. The molecule has 5 N–H and O–H groups in total. The number of nitrogens with one attached hydrogen (secondary N) is 1. The highest BCUT2D eigenvalue weighted by Crippen LogP contribution is 2.34. The number of fused-ring (bicyclic) bond motifs is 1. The van der Waals surface area contributed by atoms with E-state index in [9.17, 15) is 4.79 Å². The Hall–Kier alpha value is -2.45. The molecular formula is C16H19N5O2S. The number of thiophene rings is 1. The zero-order chi connectivity index (χ0) is 17.3. The Balaban J connectivity index is 2.05. The van der Waals surface area contributed by atoms with Crippen molar-refractivity contribution in [3.63, 3.8) is 0 Å². The smallest absolute Gasteiger partial charge is 0.286 e. The number of nitrogens with zero attached hydrogens (tertiary/aromatic N) is 2. The molecule has 3 aromatic rings.